The highest BCUT2D eigenvalue weighted by Crippen LogP contribution is 2.23. The van der Waals surface area contributed by atoms with Crippen LogP contribution in [0.5, 0.6) is 5.75 Å². The molecule has 0 spiro atoms. The second-order valence-corrected chi connectivity index (χ2v) is 23.8. The quantitative estimate of drug-likeness (QED) is 0.00757. The number of phenolic OH excluding ortho intramolecular Hbond substituents is 1. The number of nitrogens with one attached hydrogen (secondary N) is 14. The first-order chi connectivity index (χ1) is 43.2. The number of nitrogens with two attached hydrogens (primary N) is 2. The van der Waals surface area contributed by atoms with Crippen LogP contribution in [0, 0.1) is 11.3 Å². The summed E-state index contributed by atoms with van der Waals surface area (Å²) in [5.74, 6) is -7.64. The van der Waals surface area contributed by atoms with Crippen molar-refractivity contribution >= 4 is 76.1 Å². The van der Waals surface area contributed by atoms with Crippen molar-refractivity contribution in [3.05, 3.63) is 84.1 Å². The van der Waals surface area contributed by atoms with E-state index in [9.17, 15) is 63.3 Å². The lowest BCUT2D eigenvalue weighted by atomic mass is 10.00. The van der Waals surface area contributed by atoms with E-state index in [0.29, 0.717) is 34.1 Å². The number of hydrogen-bond donors (Lipinski definition) is 19. The third-order valence-electron chi connectivity index (χ3n) is 15.0. The number of guanidine groups is 1. The molecule has 0 aliphatic carbocycles. The Labute approximate surface area is 524 Å². The van der Waals surface area contributed by atoms with E-state index in [2.05, 4.69) is 68.2 Å². The van der Waals surface area contributed by atoms with Crippen LogP contribution in [0.1, 0.15) is 96.4 Å². The number of primary amides is 1. The maximum atomic E-state index is 14.8. The number of hydrazine groups is 1. The molecule has 0 radical (unpaired) electrons. The normalized spacial score (nSPS) is 17.4. The van der Waals surface area contributed by atoms with Crippen molar-refractivity contribution in [2.75, 3.05) is 26.3 Å². The summed E-state index contributed by atoms with van der Waals surface area (Å²) >= 11 is 0. The van der Waals surface area contributed by atoms with Crippen LogP contribution in [0.2, 0.25) is 0 Å². The first-order valence-electron chi connectivity index (χ1n) is 30.0. The van der Waals surface area contributed by atoms with Crippen molar-refractivity contribution in [1.29, 1.82) is 5.41 Å². The fourth-order valence-electron chi connectivity index (χ4n) is 10.4. The molecule has 32 nitrogen and oxygen atoms in total. The number of imidazole rings is 1. The number of aromatic amines is 2. The number of aromatic hydroxyl groups is 1. The summed E-state index contributed by atoms with van der Waals surface area (Å²) in [5, 5.41) is 65.4. The van der Waals surface area contributed by atoms with Gasteiger partial charge in [-0.3, -0.25) is 59.3 Å². The predicted molar refractivity (Wildman–Crippen MR) is 329 cm³/mol. The Morgan fingerprint density at radius 2 is 1.42 bits per heavy atom. The Morgan fingerprint density at radius 1 is 0.780 bits per heavy atom. The molecule has 0 saturated carbocycles. The number of aliphatic hydroxyl groups excluding tert-OH is 2. The molecule has 4 aromatic rings. The molecular formula is C59H86N18O14. The monoisotopic (exact) mass is 1270 g/mol. The van der Waals surface area contributed by atoms with Crippen molar-refractivity contribution in [3.8, 4) is 5.75 Å². The van der Waals surface area contributed by atoms with Crippen molar-refractivity contribution in [2.45, 2.75) is 165 Å². The molecule has 2 aliphatic rings. The summed E-state index contributed by atoms with van der Waals surface area (Å²) < 4.78 is 6.05. The number of aliphatic hydroxyl groups is 2. The molecule has 91 heavy (non-hydrogen) atoms. The van der Waals surface area contributed by atoms with Gasteiger partial charge in [-0.15, -0.1) is 0 Å². The molecule has 4 unspecified atom stereocenters. The number of nitrogens with zero attached hydrogens (tertiary/aromatic N) is 2. The van der Waals surface area contributed by atoms with Gasteiger partial charge in [-0.05, 0) is 94.5 Å². The molecule has 2 fully saturated rings. The van der Waals surface area contributed by atoms with Gasteiger partial charge in [0.1, 0.15) is 54.3 Å². The fraction of sp³-hybridized carbons (Fsp3) is 0.525. The summed E-state index contributed by atoms with van der Waals surface area (Å²) in [5.41, 5.74) is 16.0. The van der Waals surface area contributed by atoms with Crippen molar-refractivity contribution < 1.29 is 68.0 Å². The van der Waals surface area contributed by atoms with Crippen LogP contribution in [-0.2, 0) is 67.2 Å². The maximum Gasteiger partial charge on any atom is 0.330 e. The molecule has 11 amide bonds. The third-order valence-corrected chi connectivity index (χ3v) is 15.0. The van der Waals surface area contributed by atoms with E-state index in [1.165, 1.54) is 41.7 Å². The highest BCUT2D eigenvalue weighted by atomic mass is 16.5. The zero-order chi connectivity index (χ0) is 66.5. The van der Waals surface area contributed by atoms with Crippen LogP contribution in [-0.4, -0.2) is 193 Å². The number of aromatic nitrogens is 3. The van der Waals surface area contributed by atoms with Gasteiger partial charge in [0.2, 0.25) is 47.3 Å². The van der Waals surface area contributed by atoms with Crippen molar-refractivity contribution in [1.82, 2.24) is 78.6 Å². The summed E-state index contributed by atoms with van der Waals surface area (Å²) in [6.07, 6.45) is 3.58. The minimum Gasteiger partial charge on any atom is -0.508 e. The number of hydrogen-bond acceptors (Lipinski definition) is 17. The number of urea groups is 1. The molecule has 6 rings (SSSR count). The van der Waals surface area contributed by atoms with Gasteiger partial charge in [0.05, 0.1) is 42.9 Å². The number of H-pyrrole nitrogens is 2. The fourth-order valence-corrected chi connectivity index (χ4v) is 10.4. The number of carbonyl (C=O) groups excluding carboxylic acids is 10. The third kappa shape index (κ3) is 22.0. The van der Waals surface area contributed by atoms with Crippen molar-refractivity contribution in [2.24, 2.45) is 17.4 Å². The number of benzene rings is 2. The molecule has 2 aliphatic heterocycles. The summed E-state index contributed by atoms with van der Waals surface area (Å²) in [6.45, 7) is 7.55. The smallest absolute Gasteiger partial charge is 0.330 e. The number of ether oxygens (including phenoxy) is 1. The number of para-hydroxylation sites is 1. The SMILES string of the molecule is CC(C)C[C@H](NC(=O)[C@@H](COC(C)(C)C)NC(=O)[C@H](Cc1ccc(O)cc1)NC(=O)C(CO)NC(=O)[C@H](Cc1c[nH]c2ccccc12)NC(=O)C(Cc1c[nH]cn1)NC(=O)[C@@H]1CCC(=O)N1)C(O)NC(CCCNC(=N)N)C(=O)N1CCC[C@@H]1C(=O)NNC(N)=O. The lowest BCUT2D eigenvalue weighted by molar-refractivity contribution is -0.141. The largest absolute Gasteiger partial charge is 0.508 e. The molecule has 0 bridgehead atoms. The van der Waals surface area contributed by atoms with Crippen LogP contribution in [0.25, 0.3) is 10.9 Å². The molecular weight excluding hydrogens is 1180 g/mol. The average molecular weight is 1270 g/mol. The van der Waals surface area contributed by atoms with E-state index >= 15 is 0 Å². The van der Waals surface area contributed by atoms with Gasteiger partial charge in [-0.1, -0.05) is 44.2 Å². The zero-order valence-corrected chi connectivity index (χ0v) is 51.5. The van der Waals surface area contributed by atoms with Crippen LogP contribution >= 0.6 is 0 Å². The first kappa shape index (κ1) is 70.7. The molecule has 2 aromatic carbocycles. The molecule has 32 heteroatoms. The minimum atomic E-state index is -1.79. The van der Waals surface area contributed by atoms with Crippen LogP contribution in [0.4, 0.5) is 4.79 Å². The lowest BCUT2D eigenvalue weighted by Gasteiger charge is -2.34. The standard InChI is InChI=1S/C59H86N18O14/c1-31(2)22-40(49(82)68-39(12-8-20-64-57(60)61)56(89)77-21-9-13-46(77)55(88)75-76-58(62)90)69-54(87)45(29-91-59(3,4)5)74-50(83)41(23-32-14-16-35(79)17-15-32)70-53(86)44(28-78)73-51(84)42(24-33-26-65-37-11-7-6-10-36(33)37)71-52(85)43(25-34-27-63-30-66-34)72-48(81)38-18-19-47(80)67-38/h6-7,10-11,14-17,26-27,30-31,38-46,49,65,68,78-79,82H,8-9,12-13,18-25,28-29H2,1-5H3,(H,63,66)(H,67,80)(H,69,87)(H,70,86)(H,71,85)(H,72,81)(H,73,84)(H,74,83)(H,75,88)(H4,60,61,64)(H3,62,76,90)/t38-,39?,40-,41-,42-,43?,44?,45+,46+,49?/m0/s1. The Morgan fingerprint density at radius 3 is 2.03 bits per heavy atom. The van der Waals surface area contributed by atoms with E-state index in [1.807, 2.05) is 19.3 Å². The van der Waals surface area contributed by atoms with Crippen LogP contribution in [0.3, 0.4) is 0 Å². The van der Waals surface area contributed by atoms with Gasteiger partial charge in [0.25, 0.3) is 5.91 Å². The summed E-state index contributed by atoms with van der Waals surface area (Å²) in [4.78, 5) is 149. The Bertz CT molecular complexity index is 3170. The number of carbonyl (C=O) groups is 10. The van der Waals surface area contributed by atoms with Gasteiger partial charge in [-0.2, -0.15) is 0 Å². The van der Waals surface area contributed by atoms with Crippen LogP contribution < -0.4 is 70.2 Å². The second-order valence-electron chi connectivity index (χ2n) is 23.8. The van der Waals surface area contributed by atoms with Crippen LogP contribution in [0.15, 0.2) is 67.3 Å². The highest BCUT2D eigenvalue weighted by molar-refractivity contribution is 5.98. The molecule has 496 valence electrons. The van der Waals surface area contributed by atoms with Crippen molar-refractivity contribution in [3.63, 3.8) is 0 Å². The molecule has 4 heterocycles. The highest BCUT2D eigenvalue weighted by Gasteiger charge is 2.40. The van der Waals surface area contributed by atoms with Gasteiger partial charge < -0.3 is 88.9 Å². The number of likely N-dealkylation sites (tertiary alicyclic amines) is 1. The number of rotatable bonds is 32. The van der Waals surface area contributed by atoms with E-state index in [0.717, 1.165) is 0 Å². The number of fused-ring (bicyclic) bond motifs is 1. The number of amides is 11. The summed E-state index contributed by atoms with van der Waals surface area (Å²) in [7, 11) is 0. The predicted octanol–water partition coefficient (Wildman–Crippen LogP) is -3.10. The topological polar surface area (TPSA) is 497 Å². The Balaban J connectivity index is 1.24. The van der Waals surface area contributed by atoms with E-state index < -0.39 is 133 Å². The average Bonchev–Trinajstić information content (AvgIpc) is 1.85. The minimum absolute atomic E-state index is 0.0384. The van der Waals surface area contributed by atoms with E-state index in [1.54, 1.807) is 51.2 Å². The van der Waals surface area contributed by atoms with Gasteiger partial charge in [0.15, 0.2) is 5.96 Å². The van der Waals surface area contributed by atoms with E-state index in [4.69, 9.17) is 21.6 Å². The maximum absolute atomic E-state index is 14.8. The summed E-state index contributed by atoms with van der Waals surface area (Å²) in [6, 6.07) is -0.289. The Kier molecular flexibility index (Phi) is 26.0. The number of phenols is 1. The van der Waals surface area contributed by atoms with Gasteiger partial charge in [0, 0.05) is 62.1 Å². The van der Waals surface area contributed by atoms with E-state index in [-0.39, 0.29) is 94.4 Å². The zero-order valence-electron chi connectivity index (χ0n) is 51.5. The Hall–Kier alpha value is -9.40. The van der Waals surface area contributed by atoms with Gasteiger partial charge >= 0.3 is 6.03 Å². The molecule has 21 N–H and O–H groups in total. The van der Waals surface area contributed by atoms with Gasteiger partial charge in [-0.25, -0.2) is 15.2 Å². The molecule has 10 atom stereocenters. The first-order valence-corrected chi connectivity index (χ1v) is 30.0. The molecule has 2 aromatic heterocycles. The molecule has 2 saturated heterocycles. The second kappa shape index (κ2) is 33.4. The lowest BCUT2D eigenvalue weighted by Crippen LogP contribution is -2.62.